The van der Waals surface area contributed by atoms with Gasteiger partial charge < -0.3 is 11.1 Å². The van der Waals surface area contributed by atoms with Gasteiger partial charge in [-0.05, 0) is 56.4 Å². The number of amidine groups is 1. The van der Waals surface area contributed by atoms with Gasteiger partial charge in [0.25, 0.3) is 0 Å². The molecule has 10 heteroatoms. The predicted octanol–water partition coefficient (Wildman–Crippen LogP) is 3.73. The average molecular weight is 490 g/mol. The van der Waals surface area contributed by atoms with Crippen molar-refractivity contribution in [2.24, 2.45) is 26.8 Å². The van der Waals surface area contributed by atoms with E-state index in [0.717, 1.165) is 35.6 Å². The van der Waals surface area contributed by atoms with Crippen LogP contribution in [0.25, 0.3) is 16.5 Å². The van der Waals surface area contributed by atoms with E-state index in [1.54, 1.807) is 6.08 Å². The van der Waals surface area contributed by atoms with E-state index in [4.69, 9.17) is 26.7 Å². The van der Waals surface area contributed by atoms with Gasteiger partial charge in [-0.25, -0.2) is 15.1 Å². The van der Waals surface area contributed by atoms with E-state index >= 15 is 0 Å². The summed E-state index contributed by atoms with van der Waals surface area (Å²) in [6, 6.07) is 11.6. The summed E-state index contributed by atoms with van der Waals surface area (Å²) in [6.45, 7) is 5.57. The summed E-state index contributed by atoms with van der Waals surface area (Å²) in [5.74, 6) is 1.09. The molecule has 0 heterocycles. The van der Waals surface area contributed by atoms with Crippen LogP contribution in [-0.2, 0) is 14.5 Å². The van der Waals surface area contributed by atoms with Gasteiger partial charge in [0.1, 0.15) is 5.82 Å². The van der Waals surface area contributed by atoms with Crippen molar-refractivity contribution >= 4 is 50.9 Å². The molecule has 176 valence electrons. The second kappa shape index (κ2) is 10.9. The number of hydrogen-bond acceptors (Lipinski definition) is 6. The Labute approximate surface area is 199 Å². The number of hydrogen-bond donors (Lipinski definition) is 3. The first-order chi connectivity index (χ1) is 15.7. The number of nitrogens with zero attached hydrogens (tertiary/aromatic N) is 2. The first-order valence-corrected chi connectivity index (χ1v) is 12.3. The Morgan fingerprint density at radius 2 is 2.00 bits per heavy atom. The van der Waals surface area contributed by atoms with Crippen molar-refractivity contribution in [2.75, 3.05) is 6.61 Å². The second-order valence-corrected chi connectivity index (χ2v) is 9.47. The van der Waals surface area contributed by atoms with Gasteiger partial charge in [0.15, 0.2) is 5.84 Å². The molecule has 2 aromatic rings. The zero-order valence-electron chi connectivity index (χ0n) is 18.4. The van der Waals surface area contributed by atoms with Gasteiger partial charge in [-0.3, -0.25) is 4.18 Å². The molecule has 1 fully saturated rings. The number of rotatable bonds is 8. The van der Waals surface area contributed by atoms with Gasteiger partial charge in [0, 0.05) is 33.8 Å². The Hall–Kier alpha value is -2.72. The Balaban J connectivity index is 1.74. The van der Waals surface area contributed by atoms with Crippen LogP contribution in [0.2, 0.25) is 5.02 Å². The van der Waals surface area contributed by atoms with Crippen LogP contribution in [0.15, 0.2) is 64.4 Å². The van der Waals surface area contributed by atoms with E-state index in [9.17, 15) is 8.42 Å². The van der Waals surface area contributed by atoms with E-state index in [1.807, 2.05) is 49.4 Å². The maximum Gasteiger partial charge on any atom is 0.333 e. The summed E-state index contributed by atoms with van der Waals surface area (Å²) < 4.78 is 26.7. The fraction of sp³-hybridized carbons (Fsp3) is 0.304. The molecule has 2 aromatic carbocycles. The molecule has 0 bridgehead atoms. The first kappa shape index (κ1) is 24.9. The predicted molar refractivity (Wildman–Crippen MR) is 135 cm³/mol. The highest BCUT2D eigenvalue weighted by Crippen LogP contribution is 2.29. The third-order valence-electron chi connectivity index (χ3n) is 5.50. The van der Waals surface area contributed by atoms with Gasteiger partial charge in [-0.1, -0.05) is 41.9 Å². The average Bonchev–Trinajstić information content (AvgIpc) is 3.24. The van der Waals surface area contributed by atoms with Crippen LogP contribution in [0, 0.1) is 5.92 Å². The topological polar surface area (TPSA) is 132 Å². The van der Waals surface area contributed by atoms with Gasteiger partial charge in [0.05, 0.1) is 6.61 Å². The monoisotopic (exact) mass is 489 g/mol. The maximum atomic E-state index is 11.0. The number of allylic oxidation sites excluding steroid dienone is 1. The number of benzene rings is 2. The zero-order chi connectivity index (χ0) is 24.0. The van der Waals surface area contributed by atoms with Crippen molar-refractivity contribution in [3.05, 3.63) is 65.0 Å². The third-order valence-corrected chi connectivity index (χ3v) is 6.29. The molecule has 0 spiro atoms. The maximum absolute atomic E-state index is 11.0. The minimum atomic E-state index is -3.93. The van der Waals surface area contributed by atoms with E-state index in [2.05, 4.69) is 22.0 Å². The molecular formula is C23H28ClN5O3S. The molecule has 2 atom stereocenters. The molecule has 3 rings (SSSR count). The van der Waals surface area contributed by atoms with Crippen LogP contribution in [0.4, 0.5) is 0 Å². The lowest BCUT2D eigenvalue weighted by Gasteiger charge is -2.15. The van der Waals surface area contributed by atoms with Crippen LogP contribution in [0.1, 0.15) is 31.7 Å². The molecule has 5 N–H and O–H groups in total. The summed E-state index contributed by atoms with van der Waals surface area (Å²) in [5.41, 5.74) is 7.71. The van der Waals surface area contributed by atoms with Crippen LogP contribution < -0.4 is 16.2 Å². The lowest BCUT2D eigenvalue weighted by atomic mass is 10.0. The fourth-order valence-corrected chi connectivity index (χ4v) is 4.52. The number of nitrogens with two attached hydrogens (primary N) is 2. The molecule has 1 aliphatic carbocycles. The van der Waals surface area contributed by atoms with Crippen LogP contribution in [-0.4, -0.2) is 33.6 Å². The minimum absolute atomic E-state index is 0.0826. The van der Waals surface area contributed by atoms with E-state index in [-0.39, 0.29) is 18.6 Å². The van der Waals surface area contributed by atoms with E-state index in [1.165, 1.54) is 0 Å². The molecule has 8 nitrogen and oxygen atoms in total. The summed E-state index contributed by atoms with van der Waals surface area (Å²) in [5, 5.41) is 10.8. The van der Waals surface area contributed by atoms with Crippen molar-refractivity contribution in [2.45, 2.75) is 32.2 Å². The quantitative estimate of drug-likeness (QED) is 0.384. The number of halogens is 1. The fourth-order valence-electron chi connectivity index (χ4n) is 3.91. The number of aliphatic imine (C=N–C) groups is 2. The largest absolute Gasteiger partial charge is 0.398 e. The van der Waals surface area contributed by atoms with Gasteiger partial charge in [0.2, 0.25) is 0 Å². The van der Waals surface area contributed by atoms with Gasteiger partial charge in [-0.15, -0.1) is 0 Å². The summed E-state index contributed by atoms with van der Waals surface area (Å²) >= 11 is 6.32. The highest BCUT2D eigenvalue weighted by molar-refractivity contribution is 7.84. The lowest BCUT2D eigenvalue weighted by Crippen LogP contribution is -2.26. The van der Waals surface area contributed by atoms with Crippen LogP contribution in [0.5, 0.6) is 0 Å². The molecule has 33 heavy (non-hydrogen) atoms. The molecule has 1 saturated carbocycles. The SMILES string of the molecule is C=NC(/C=C(\N)c1ccc(Cl)c2ccccc12)=N\C(=C/C)NC1CCC(COS(N)(=O)=O)C1. The molecule has 0 radical (unpaired) electrons. The molecule has 0 aromatic heterocycles. The second-order valence-electron chi connectivity index (χ2n) is 7.84. The summed E-state index contributed by atoms with van der Waals surface area (Å²) in [4.78, 5) is 8.58. The lowest BCUT2D eigenvalue weighted by molar-refractivity contribution is 0.255. The Bertz CT molecular complexity index is 1220. The number of nitrogens with one attached hydrogen (secondary N) is 1. The highest BCUT2D eigenvalue weighted by atomic mass is 35.5. The normalized spacial score (nSPS) is 20.3. The third kappa shape index (κ3) is 6.88. The molecule has 1 aliphatic rings. The van der Waals surface area contributed by atoms with Crippen molar-refractivity contribution in [1.82, 2.24) is 5.32 Å². The molecule has 0 saturated heterocycles. The zero-order valence-corrected chi connectivity index (χ0v) is 19.9. The Morgan fingerprint density at radius 1 is 1.27 bits per heavy atom. The minimum Gasteiger partial charge on any atom is -0.398 e. The van der Waals surface area contributed by atoms with Crippen molar-refractivity contribution in [3.8, 4) is 0 Å². The molecule has 0 amide bonds. The van der Waals surface area contributed by atoms with Crippen molar-refractivity contribution in [1.29, 1.82) is 0 Å². The van der Waals surface area contributed by atoms with E-state index < -0.39 is 10.3 Å². The molecule has 0 aliphatic heterocycles. The van der Waals surface area contributed by atoms with Crippen LogP contribution in [0.3, 0.4) is 0 Å². The molecule has 2 unspecified atom stereocenters. The summed E-state index contributed by atoms with van der Waals surface area (Å²) in [6.07, 6.45) is 5.94. The Kier molecular flexibility index (Phi) is 8.25. The summed E-state index contributed by atoms with van der Waals surface area (Å²) in [7, 11) is -3.93. The van der Waals surface area contributed by atoms with E-state index in [0.29, 0.717) is 22.4 Å². The van der Waals surface area contributed by atoms with Crippen LogP contribution >= 0.6 is 11.6 Å². The smallest absolute Gasteiger partial charge is 0.333 e. The van der Waals surface area contributed by atoms with Gasteiger partial charge in [-0.2, -0.15) is 8.42 Å². The Morgan fingerprint density at radius 3 is 2.67 bits per heavy atom. The van der Waals surface area contributed by atoms with Crippen molar-refractivity contribution in [3.63, 3.8) is 0 Å². The highest BCUT2D eigenvalue weighted by Gasteiger charge is 2.26. The number of fused-ring (bicyclic) bond motifs is 1. The van der Waals surface area contributed by atoms with Gasteiger partial charge >= 0.3 is 10.3 Å². The molecular weight excluding hydrogens is 462 g/mol. The first-order valence-electron chi connectivity index (χ1n) is 10.5. The van der Waals surface area contributed by atoms with Crippen molar-refractivity contribution < 1.29 is 12.6 Å². The standard InChI is InChI=1S/C23H28ClN5O3S/c1-3-22(28-16-9-8-15(12-16)14-32-33(26,30)31)29-23(27-2)13-21(25)19-10-11-20(24)18-7-5-4-6-17(18)19/h3-7,10-11,13,15-16,28H,2,8-9,12,14,25H2,1H3,(H2,26,30,31)/b21-13-,22-3-,29-23-.